The Morgan fingerprint density at radius 2 is 2.12 bits per heavy atom. The average Bonchev–Trinajstić information content (AvgIpc) is 2.55. The van der Waals surface area contributed by atoms with Gasteiger partial charge in [-0.25, -0.2) is 9.78 Å². The second kappa shape index (κ2) is 3.87. The highest BCUT2D eigenvalue weighted by Crippen LogP contribution is 2.22. The molecule has 4 nitrogen and oxygen atoms in total. The van der Waals surface area contributed by atoms with E-state index in [1.165, 1.54) is 0 Å². The van der Waals surface area contributed by atoms with Crippen molar-refractivity contribution in [3.63, 3.8) is 0 Å². The molecular weight excluding hydrogens is 216 g/mol. The molecule has 0 aliphatic heterocycles. The number of rotatable bonds is 2. The first-order valence-corrected chi connectivity index (χ1v) is 5.58. The maximum Gasteiger partial charge on any atom is 0.337 e. The molecule has 0 aliphatic rings. The molecule has 2 rings (SSSR count). The second-order valence-corrected chi connectivity index (χ2v) is 5.43. The van der Waals surface area contributed by atoms with Crippen LogP contribution in [0.25, 0.3) is 11.0 Å². The number of para-hydroxylation sites is 1. The Balaban J connectivity index is 2.50. The summed E-state index contributed by atoms with van der Waals surface area (Å²) in [6.07, 6.45) is 0.792. The molecule has 4 heteroatoms. The van der Waals surface area contributed by atoms with E-state index in [9.17, 15) is 4.79 Å². The summed E-state index contributed by atoms with van der Waals surface area (Å²) < 4.78 is 0. The lowest BCUT2D eigenvalue weighted by molar-refractivity contribution is 0.0699. The quantitative estimate of drug-likeness (QED) is 0.836. The van der Waals surface area contributed by atoms with Gasteiger partial charge < -0.3 is 10.1 Å². The molecule has 0 unspecified atom stereocenters. The first kappa shape index (κ1) is 11.6. The molecule has 2 aromatic rings. The first-order valence-electron chi connectivity index (χ1n) is 5.58. The van der Waals surface area contributed by atoms with Crippen LogP contribution in [-0.4, -0.2) is 21.0 Å². The maximum atomic E-state index is 11.1. The van der Waals surface area contributed by atoms with Gasteiger partial charge in [-0.05, 0) is 17.5 Å². The third kappa shape index (κ3) is 2.46. The SMILES string of the molecule is CC(C)(C)Cc1nc2c(C(=O)O)cccc2[nH]1. The summed E-state index contributed by atoms with van der Waals surface area (Å²) in [7, 11) is 0. The second-order valence-electron chi connectivity index (χ2n) is 5.43. The molecule has 0 saturated carbocycles. The summed E-state index contributed by atoms with van der Waals surface area (Å²) in [6.45, 7) is 6.37. The fourth-order valence-electron chi connectivity index (χ4n) is 1.84. The van der Waals surface area contributed by atoms with Gasteiger partial charge in [-0.2, -0.15) is 0 Å². The molecule has 0 spiro atoms. The zero-order chi connectivity index (χ0) is 12.6. The van der Waals surface area contributed by atoms with Crippen LogP contribution < -0.4 is 0 Å². The normalized spacial score (nSPS) is 11.9. The molecule has 0 aliphatic carbocycles. The zero-order valence-corrected chi connectivity index (χ0v) is 10.2. The number of H-pyrrole nitrogens is 1. The lowest BCUT2D eigenvalue weighted by Gasteiger charge is -2.15. The van der Waals surface area contributed by atoms with Crippen molar-refractivity contribution in [1.29, 1.82) is 0 Å². The van der Waals surface area contributed by atoms with E-state index < -0.39 is 5.97 Å². The Morgan fingerprint density at radius 1 is 1.41 bits per heavy atom. The number of nitrogens with zero attached hydrogens (tertiary/aromatic N) is 1. The number of aromatic amines is 1. The smallest absolute Gasteiger partial charge is 0.337 e. The van der Waals surface area contributed by atoms with Crippen LogP contribution in [-0.2, 0) is 6.42 Å². The number of fused-ring (bicyclic) bond motifs is 1. The van der Waals surface area contributed by atoms with E-state index >= 15 is 0 Å². The number of hydrogen-bond donors (Lipinski definition) is 2. The van der Waals surface area contributed by atoms with Gasteiger partial charge in [0.05, 0.1) is 11.1 Å². The van der Waals surface area contributed by atoms with Crippen LogP contribution in [0.1, 0.15) is 37.0 Å². The Bertz CT molecular complexity index is 564. The van der Waals surface area contributed by atoms with Crippen LogP contribution in [0.4, 0.5) is 0 Å². The topological polar surface area (TPSA) is 66.0 Å². The third-order valence-corrected chi connectivity index (χ3v) is 2.49. The van der Waals surface area contributed by atoms with Crippen molar-refractivity contribution in [2.45, 2.75) is 27.2 Å². The summed E-state index contributed by atoms with van der Waals surface area (Å²) in [5, 5.41) is 9.07. The number of carboxylic acid groups (broad SMARTS) is 1. The third-order valence-electron chi connectivity index (χ3n) is 2.49. The zero-order valence-electron chi connectivity index (χ0n) is 10.2. The molecule has 0 fully saturated rings. The van der Waals surface area contributed by atoms with E-state index in [0.717, 1.165) is 17.8 Å². The molecule has 1 aromatic carbocycles. The van der Waals surface area contributed by atoms with Crippen LogP contribution >= 0.6 is 0 Å². The Kier molecular flexibility index (Phi) is 2.65. The number of aromatic nitrogens is 2. The lowest BCUT2D eigenvalue weighted by Crippen LogP contribution is -2.10. The Hall–Kier alpha value is -1.84. The number of benzene rings is 1. The summed E-state index contributed by atoms with van der Waals surface area (Å²) in [6, 6.07) is 5.15. The summed E-state index contributed by atoms with van der Waals surface area (Å²) in [5.41, 5.74) is 1.69. The van der Waals surface area contributed by atoms with Crippen molar-refractivity contribution in [2.75, 3.05) is 0 Å². The van der Waals surface area contributed by atoms with E-state index in [0.29, 0.717) is 5.52 Å². The fraction of sp³-hybridized carbons (Fsp3) is 0.385. The van der Waals surface area contributed by atoms with Crippen molar-refractivity contribution in [3.05, 3.63) is 29.6 Å². The highest BCUT2D eigenvalue weighted by Gasteiger charge is 2.16. The average molecular weight is 232 g/mol. The van der Waals surface area contributed by atoms with E-state index in [4.69, 9.17) is 5.11 Å². The number of aromatic carboxylic acids is 1. The van der Waals surface area contributed by atoms with E-state index in [-0.39, 0.29) is 11.0 Å². The Morgan fingerprint density at radius 3 is 2.71 bits per heavy atom. The van der Waals surface area contributed by atoms with Gasteiger partial charge in [0.25, 0.3) is 0 Å². The van der Waals surface area contributed by atoms with Crippen LogP contribution in [0.5, 0.6) is 0 Å². The fourth-order valence-corrected chi connectivity index (χ4v) is 1.84. The molecular formula is C13H16N2O2. The van der Waals surface area contributed by atoms with Gasteiger partial charge in [0.1, 0.15) is 11.3 Å². The predicted molar refractivity (Wildman–Crippen MR) is 66.2 cm³/mol. The minimum Gasteiger partial charge on any atom is -0.478 e. The van der Waals surface area contributed by atoms with Crippen molar-refractivity contribution in [3.8, 4) is 0 Å². The van der Waals surface area contributed by atoms with Gasteiger partial charge in [-0.3, -0.25) is 0 Å². The minimum atomic E-state index is -0.940. The molecule has 0 bridgehead atoms. The van der Waals surface area contributed by atoms with Gasteiger partial charge in [-0.1, -0.05) is 26.8 Å². The van der Waals surface area contributed by atoms with Gasteiger partial charge in [0.15, 0.2) is 0 Å². The molecule has 0 saturated heterocycles. The van der Waals surface area contributed by atoms with E-state index in [1.54, 1.807) is 12.1 Å². The molecule has 2 N–H and O–H groups in total. The summed E-state index contributed by atoms with van der Waals surface area (Å²) in [4.78, 5) is 18.6. The number of nitrogens with one attached hydrogen (secondary N) is 1. The highest BCUT2D eigenvalue weighted by molar-refractivity contribution is 6.00. The molecule has 90 valence electrons. The molecule has 1 aromatic heterocycles. The molecule has 0 radical (unpaired) electrons. The van der Waals surface area contributed by atoms with Crippen molar-refractivity contribution < 1.29 is 9.90 Å². The van der Waals surface area contributed by atoms with Crippen molar-refractivity contribution in [2.24, 2.45) is 5.41 Å². The Labute approximate surface area is 99.7 Å². The number of hydrogen-bond acceptors (Lipinski definition) is 2. The molecule has 17 heavy (non-hydrogen) atoms. The minimum absolute atomic E-state index is 0.122. The highest BCUT2D eigenvalue weighted by atomic mass is 16.4. The maximum absolute atomic E-state index is 11.1. The monoisotopic (exact) mass is 232 g/mol. The molecule has 1 heterocycles. The van der Waals surface area contributed by atoms with Gasteiger partial charge in [0.2, 0.25) is 0 Å². The van der Waals surface area contributed by atoms with Crippen LogP contribution in [0.15, 0.2) is 18.2 Å². The molecule has 0 amide bonds. The van der Waals surface area contributed by atoms with Gasteiger partial charge in [-0.15, -0.1) is 0 Å². The summed E-state index contributed by atoms with van der Waals surface area (Å²) >= 11 is 0. The number of carboxylic acids is 1. The largest absolute Gasteiger partial charge is 0.478 e. The van der Waals surface area contributed by atoms with Crippen LogP contribution in [0, 0.1) is 5.41 Å². The standard InChI is InChI=1S/C13H16N2O2/c1-13(2,3)7-10-14-9-6-4-5-8(12(16)17)11(9)15-10/h4-6H,7H2,1-3H3,(H,14,15)(H,16,17). The van der Waals surface area contributed by atoms with Crippen LogP contribution in [0.3, 0.4) is 0 Å². The predicted octanol–water partition coefficient (Wildman–Crippen LogP) is 2.85. The van der Waals surface area contributed by atoms with Gasteiger partial charge >= 0.3 is 5.97 Å². The van der Waals surface area contributed by atoms with Crippen molar-refractivity contribution in [1.82, 2.24) is 9.97 Å². The van der Waals surface area contributed by atoms with E-state index in [1.807, 2.05) is 6.07 Å². The van der Waals surface area contributed by atoms with Crippen LogP contribution in [0.2, 0.25) is 0 Å². The van der Waals surface area contributed by atoms with Crippen molar-refractivity contribution >= 4 is 17.0 Å². The van der Waals surface area contributed by atoms with E-state index in [2.05, 4.69) is 30.7 Å². The molecule has 0 atom stereocenters. The van der Waals surface area contributed by atoms with Gasteiger partial charge in [0, 0.05) is 6.42 Å². The first-order chi connectivity index (χ1) is 7.87. The number of carbonyl (C=O) groups is 1. The number of imidazole rings is 1. The lowest BCUT2D eigenvalue weighted by atomic mass is 9.92. The summed E-state index contributed by atoms with van der Waals surface area (Å²) in [5.74, 6) is -0.106.